The van der Waals surface area contributed by atoms with Gasteiger partial charge in [-0.05, 0) is 37.3 Å². The monoisotopic (exact) mass is 251 g/mol. The highest BCUT2D eigenvalue weighted by Crippen LogP contribution is 2.16. The average molecular weight is 251 g/mol. The summed E-state index contributed by atoms with van der Waals surface area (Å²) in [6.07, 6.45) is 9.02. The first-order valence-corrected chi connectivity index (χ1v) is 5.97. The Morgan fingerprint density at radius 2 is 1.58 bits per heavy atom. The van der Waals surface area contributed by atoms with E-state index in [-0.39, 0.29) is 0 Å². The number of nitrogens with one attached hydrogen (secondary N) is 1. The second kappa shape index (κ2) is 4.89. The van der Waals surface area contributed by atoms with E-state index in [4.69, 9.17) is 0 Å². The van der Waals surface area contributed by atoms with Gasteiger partial charge in [0.05, 0.1) is 11.4 Å². The summed E-state index contributed by atoms with van der Waals surface area (Å²) in [7, 11) is 0. The van der Waals surface area contributed by atoms with E-state index in [1.165, 1.54) is 0 Å². The lowest BCUT2D eigenvalue weighted by atomic mass is 10.1. The summed E-state index contributed by atoms with van der Waals surface area (Å²) in [6, 6.07) is 7.69. The quantitative estimate of drug-likeness (QED) is 0.888. The van der Waals surface area contributed by atoms with E-state index in [0.29, 0.717) is 0 Å². The van der Waals surface area contributed by atoms with Gasteiger partial charge in [0, 0.05) is 36.0 Å². The van der Waals surface area contributed by atoms with E-state index in [1.54, 1.807) is 29.9 Å². The second-order valence-electron chi connectivity index (χ2n) is 4.18. The molecule has 2 aromatic heterocycles. The number of hydrazine groups is 1. The van der Waals surface area contributed by atoms with Crippen LogP contribution in [0.5, 0.6) is 0 Å². The maximum atomic E-state index is 4.58. The average Bonchev–Trinajstić information content (AvgIpc) is 2.48. The van der Waals surface area contributed by atoms with Crippen LogP contribution < -0.4 is 10.5 Å². The van der Waals surface area contributed by atoms with Crippen molar-refractivity contribution in [3.05, 3.63) is 66.4 Å². The highest BCUT2D eigenvalue weighted by Gasteiger charge is 2.13. The maximum absolute atomic E-state index is 4.58. The van der Waals surface area contributed by atoms with Crippen molar-refractivity contribution in [3.8, 4) is 0 Å². The molecule has 0 bridgehead atoms. The van der Waals surface area contributed by atoms with Gasteiger partial charge < -0.3 is 0 Å². The lowest BCUT2D eigenvalue weighted by Crippen LogP contribution is -2.36. The molecule has 0 spiro atoms. The predicted molar refractivity (Wildman–Crippen MR) is 74.4 cm³/mol. The molecule has 1 N–H and O–H groups in total. The number of anilines is 1. The minimum atomic E-state index is 0.899. The fourth-order valence-corrected chi connectivity index (χ4v) is 1.84. The molecule has 0 amide bonds. The molecule has 5 nitrogen and oxygen atoms in total. The Morgan fingerprint density at radius 3 is 2.26 bits per heavy atom. The largest absolute Gasteiger partial charge is 0.282 e. The third-order valence-electron chi connectivity index (χ3n) is 2.73. The molecule has 3 rings (SSSR count). The predicted octanol–water partition coefficient (Wildman–Crippen LogP) is 2.11. The third kappa shape index (κ3) is 2.44. The van der Waals surface area contributed by atoms with Crippen molar-refractivity contribution in [1.82, 2.24) is 15.4 Å². The van der Waals surface area contributed by atoms with Crippen LogP contribution >= 0.6 is 0 Å². The number of hydrazone groups is 1. The molecule has 0 aliphatic carbocycles. The van der Waals surface area contributed by atoms with E-state index in [0.717, 1.165) is 22.7 Å². The molecule has 1 aliphatic heterocycles. The number of hydrogen-bond donors (Lipinski definition) is 1. The van der Waals surface area contributed by atoms with E-state index < -0.39 is 0 Å². The van der Waals surface area contributed by atoms with Crippen LogP contribution in [0.15, 0.2) is 65.9 Å². The molecular formula is C14H13N5. The third-order valence-corrected chi connectivity index (χ3v) is 2.73. The molecule has 0 saturated carbocycles. The van der Waals surface area contributed by atoms with Crippen molar-refractivity contribution in [2.75, 3.05) is 5.12 Å². The van der Waals surface area contributed by atoms with Gasteiger partial charge in [-0.3, -0.25) is 15.4 Å². The SMILES string of the molecule is CC1=CC(c2ccncc2)=NN(c2ccncc2)N1. The fourth-order valence-electron chi connectivity index (χ4n) is 1.84. The number of rotatable bonds is 2. The summed E-state index contributed by atoms with van der Waals surface area (Å²) in [5.74, 6) is 0. The van der Waals surface area contributed by atoms with E-state index in [2.05, 4.69) is 20.5 Å². The van der Waals surface area contributed by atoms with Crippen molar-refractivity contribution in [1.29, 1.82) is 0 Å². The van der Waals surface area contributed by atoms with Gasteiger partial charge in [-0.25, -0.2) is 0 Å². The minimum Gasteiger partial charge on any atom is -0.282 e. The van der Waals surface area contributed by atoms with Crippen LogP contribution in [0, 0.1) is 0 Å². The highest BCUT2D eigenvalue weighted by molar-refractivity contribution is 6.09. The Morgan fingerprint density at radius 1 is 0.947 bits per heavy atom. The molecule has 94 valence electrons. The first kappa shape index (κ1) is 11.4. The van der Waals surface area contributed by atoms with Crippen molar-refractivity contribution >= 4 is 11.4 Å². The molecule has 0 saturated heterocycles. The zero-order chi connectivity index (χ0) is 13.1. The van der Waals surface area contributed by atoms with Gasteiger partial charge in [-0.2, -0.15) is 10.2 Å². The van der Waals surface area contributed by atoms with Crippen molar-refractivity contribution in [2.45, 2.75) is 6.92 Å². The minimum absolute atomic E-state index is 0.899. The van der Waals surface area contributed by atoms with Crippen molar-refractivity contribution in [2.24, 2.45) is 5.10 Å². The van der Waals surface area contributed by atoms with Gasteiger partial charge in [0.25, 0.3) is 0 Å². The van der Waals surface area contributed by atoms with Crippen molar-refractivity contribution in [3.63, 3.8) is 0 Å². The zero-order valence-corrected chi connectivity index (χ0v) is 10.5. The zero-order valence-electron chi connectivity index (χ0n) is 10.5. The molecule has 3 heterocycles. The van der Waals surface area contributed by atoms with Crippen LogP contribution in [0.4, 0.5) is 5.69 Å². The van der Waals surface area contributed by atoms with Gasteiger partial charge in [0.15, 0.2) is 0 Å². The van der Waals surface area contributed by atoms with Gasteiger partial charge in [-0.15, -0.1) is 0 Å². The lowest BCUT2D eigenvalue weighted by Gasteiger charge is -2.25. The van der Waals surface area contributed by atoms with Crippen LogP contribution in [-0.4, -0.2) is 15.7 Å². The first-order valence-electron chi connectivity index (χ1n) is 5.97. The molecule has 0 atom stereocenters. The summed E-state index contributed by atoms with van der Waals surface area (Å²) in [5, 5.41) is 6.32. The Hall–Kier alpha value is -2.69. The molecule has 1 aliphatic rings. The molecule has 0 aromatic carbocycles. The van der Waals surface area contributed by atoms with Crippen LogP contribution in [0.25, 0.3) is 0 Å². The van der Waals surface area contributed by atoms with Gasteiger partial charge in [0.2, 0.25) is 0 Å². The number of allylic oxidation sites excluding steroid dienone is 2. The Kier molecular flexibility index (Phi) is 2.94. The Bertz CT molecular complexity index is 619. The molecule has 19 heavy (non-hydrogen) atoms. The van der Waals surface area contributed by atoms with E-state index in [1.807, 2.05) is 37.3 Å². The Labute approximate surface area is 111 Å². The van der Waals surface area contributed by atoms with Gasteiger partial charge in [-0.1, -0.05) is 0 Å². The van der Waals surface area contributed by atoms with Crippen LogP contribution in [-0.2, 0) is 0 Å². The van der Waals surface area contributed by atoms with Crippen LogP contribution in [0.1, 0.15) is 12.5 Å². The maximum Gasteiger partial charge on any atom is 0.0947 e. The molecule has 0 unspecified atom stereocenters. The molecule has 0 fully saturated rings. The number of pyridine rings is 2. The number of nitrogens with zero attached hydrogens (tertiary/aromatic N) is 4. The standard InChI is InChI=1S/C14H13N5/c1-11-10-14(12-2-6-15-7-3-12)18-19(17-11)13-4-8-16-9-5-13/h2-10,17H,1H3. The first-order chi connectivity index (χ1) is 9.33. The highest BCUT2D eigenvalue weighted by atomic mass is 15.7. The molecule has 2 aromatic rings. The summed E-state index contributed by atoms with van der Waals surface area (Å²) < 4.78 is 0. The summed E-state index contributed by atoms with van der Waals surface area (Å²) in [5.41, 5.74) is 7.10. The second-order valence-corrected chi connectivity index (χ2v) is 4.18. The topological polar surface area (TPSA) is 53.4 Å². The molecule has 0 radical (unpaired) electrons. The lowest BCUT2D eigenvalue weighted by molar-refractivity contribution is 0.728. The van der Waals surface area contributed by atoms with Gasteiger partial charge >= 0.3 is 0 Å². The summed E-state index contributed by atoms with van der Waals surface area (Å²) >= 11 is 0. The van der Waals surface area contributed by atoms with E-state index >= 15 is 0 Å². The van der Waals surface area contributed by atoms with Crippen LogP contribution in [0.3, 0.4) is 0 Å². The van der Waals surface area contributed by atoms with Crippen molar-refractivity contribution < 1.29 is 0 Å². The smallest absolute Gasteiger partial charge is 0.0947 e. The van der Waals surface area contributed by atoms with Crippen LogP contribution in [0.2, 0.25) is 0 Å². The summed E-state index contributed by atoms with van der Waals surface area (Å²) in [6.45, 7) is 2.00. The number of hydrogen-bond acceptors (Lipinski definition) is 5. The molecular weight excluding hydrogens is 238 g/mol. The number of aromatic nitrogens is 2. The Balaban J connectivity index is 1.98. The normalized spacial score (nSPS) is 14.5. The van der Waals surface area contributed by atoms with E-state index in [9.17, 15) is 0 Å². The summed E-state index contributed by atoms with van der Waals surface area (Å²) in [4.78, 5) is 8.03. The molecule has 5 heteroatoms. The fraction of sp³-hybridized carbons (Fsp3) is 0.0714. The van der Waals surface area contributed by atoms with Gasteiger partial charge in [0.1, 0.15) is 0 Å².